The van der Waals surface area contributed by atoms with E-state index in [1.54, 1.807) is 11.3 Å². The molecular weight excluding hydrogens is 301 g/mol. The van der Waals surface area contributed by atoms with Gasteiger partial charge < -0.3 is 4.90 Å². The van der Waals surface area contributed by atoms with E-state index >= 15 is 0 Å². The van der Waals surface area contributed by atoms with Crippen LogP contribution in [0.1, 0.15) is 24.6 Å². The second kappa shape index (κ2) is 4.51. The van der Waals surface area contributed by atoms with Crippen molar-refractivity contribution in [2.45, 2.75) is 24.1 Å². The van der Waals surface area contributed by atoms with Crippen LogP contribution >= 0.6 is 34.5 Å². The Kier molecular flexibility index (Phi) is 3.19. The molecule has 0 unspecified atom stereocenters. The Bertz CT molecular complexity index is 538. The van der Waals surface area contributed by atoms with E-state index in [1.165, 1.54) is 10.5 Å². The molecule has 1 aromatic heterocycles. The van der Waals surface area contributed by atoms with Crippen molar-refractivity contribution in [1.29, 1.82) is 0 Å². The van der Waals surface area contributed by atoms with Crippen molar-refractivity contribution in [1.82, 2.24) is 4.90 Å². The minimum absolute atomic E-state index is 0.0824. The minimum atomic E-state index is -0.873. The minimum Gasteiger partial charge on any atom is -0.338 e. The zero-order valence-corrected chi connectivity index (χ0v) is 13.0. The normalized spacial score (nSPS) is 29.0. The Hall–Kier alpha value is -0.510. The fraction of sp³-hybridized carbons (Fsp3) is 0.500. The van der Waals surface area contributed by atoms with E-state index in [4.69, 9.17) is 23.2 Å². The molecule has 0 spiro atoms. The van der Waals surface area contributed by atoms with Crippen molar-refractivity contribution in [3.8, 4) is 0 Å². The predicted molar refractivity (Wildman–Crippen MR) is 80.7 cm³/mol. The highest BCUT2D eigenvalue weighted by atomic mass is 35.5. The van der Waals surface area contributed by atoms with E-state index in [9.17, 15) is 4.79 Å². The highest BCUT2D eigenvalue weighted by Crippen LogP contribution is 2.64. The van der Waals surface area contributed by atoms with Gasteiger partial charge in [-0.3, -0.25) is 4.79 Å². The molecule has 0 radical (unpaired) electrons. The number of alkyl halides is 2. The highest BCUT2D eigenvalue weighted by molar-refractivity contribution is 7.11. The Balaban J connectivity index is 1.69. The Morgan fingerprint density at radius 2 is 2.21 bits per heavy atom. The van der Waals surface area contributed by atoms with E-state index in [-0.39, 0.29) is 5.91 Å². The van der Waals surface area contributed by atoms with Gasteiger partial charge in [0.25, 0.3) is 0 Å². The fourth-order valence-electron chi connectivity index (χ4n) is 2.52. The summed E-state index contributed by atoms with van der Waals surface area (Å²) in [6.45, 7) is 3.27. The first-order chi connectivity index (χ1) is 8.94. The number of nitrogens with zero attached hydrogens (tertiary/aromatic N) is 1. The van der Waals surface area contributed by atoms with E-state index < -0.39 is 9.75 Å². The monoisotopic (exact) mass is 315 g/mol. The summed E-state index contributed by atoms with van der Waals surface area (Å²) in [5.41, 5.74) is 0.743. The highest BCUT2D eigenvalue weighted by Gasteiger charge is 2.68. The maximum atomic E-state index is 12.4. The molecule has 1 aliphatic heterocycles. The molecule has 102 valence electrons. The van der Waals surface area contributed by atoms with Crippen molar-refractivity contribution in [3.63, 3.8) is 0 Å². The molecule has 1 amide bonds. The van der Waals surface area contributed by atoms with Crippen molar-refractivity contribution in [2.24, 2.45) is 5.41 Å². The van der Waals surface area contributed by atoms with Crippen LogP contribution in [0.15, 0.2) is 23.6 Å². The molecule has 0 aromatic carbocycles. The van der Waals surface area contributed by atoms with Crippen LogP contribution in [-0.2, 0) is 4.79 Å². The van der Waals surface area contributed by atoms with Gasteiger partial charge in [0.15, 0.2) is 0 Å². The standard InChI is InChI=1S/C14H15Cl2NOS/c1-13(9-14(13,15)16)12(18)17-6-4-10(5-7-17)11-3-2-8-19-11/h2-4,8H,5-7,9H2,1H3/t13-/m0/s1. The number of carbonyl (C=O) groups excluding carboxylic acids is 1. The van der Waals surface area contributed by atoms with Crippen molar-refractivity contribution < 1.29 is 4.79 Å². The molecule has 5 heteroatoms. The summed E-state index contributed by atoms with van der Waals surface area (Å²) in [5.74, 6) is 0.0824. The van der Waals surface area contributed by atoms with Crippen LogP contribution in [0.5, 0.6) is 0 Å². The lowest BCUT2D eigenvalue weighted by atomic mass is 10.0. The zero-order valence-electron chi connectivity index (χ0n) is 10.7. The Labute approximate surface area is 127 Å². The number of hydrogen-bond acceptors (Lipinski definition) is 2. The van der Waals surface area contributed by atoms with Gasteiger partial charge in [-0.2, -0.15) is 0 Å². The summed E-state index contributed by atoms with van der Waals surface area (Å²) >= 11 is 13.9. The quantitative estimate of drug-likeness (QED) is 0.757. The van der Waals surface area contributed by atoms with Gasteiger partial charge in [-0.25, -0.2) is 0 Å². The molecule has 0 saturated heterocycles. The summed E-state index contributed by atoms with van der Waals surface area (Å²) in [4.78, 5) is 15.6. The lowest BCUT2D eigenvalue weighted by molar-refractivity contribution is -0.136. The van der Waals surface area contributed by atoms with Crippen molar-refractivity contribution in [2.75, 3.05) is 13.1 Å². The summed E-state index contributed by atoms with van der Waals surface area (Å²) in [5, 5.41) is 2.08. The third-order valence-corrected chi connectivity index (χ3v) is 6.11. The van der Waals surface area contributed by atoms with E-state index in [2.05, 4.69) is 23.6 Å². The van der Waals surface area contributed by atoms with E-state index in [0.717, 1.165) is 13.0 Å². The largest absolute Gasteiger partial charge is 0.338 e. The topological polar surface area (TPSA) is 20.3 Å². The van der Waals surface area contributed by atoms with E-state index in [0.29, 0.717) is 13.0 Å². The summed E-state index contributed by atoms with van der Waals surface area (Å²) in [6, 6.07) is 4.18. The summed E-state index contributed by atoms with van der Waals surface area (Å²) in [6.07, 6.45) is 3.60. The smallest absolute Gasteiger partial charge is 0.231 e. The lowest BCUT2D eigenvalue weighted by Crippen LogP contribution is -2.40. The summed E-state index contributed by atoms with van der Waals surface area (Å²) in [7, 11) is 0. The Morgan fingerprint density at radius 3 is 2.68 bits per heavy atom. The number of hydrogen-bond donors (Lipinski definition) is 0. The molecule has 3 rings (SSSR count). The van der Waals surface area contributed by atoms with Crippen LogP contribution in [-0.4, -0.2) is 28.2 Å². The van der Waals surface area contributed by atoms with Gasteiger partial charge in [0.2, 0.25) is 5.91 Å². The number of carbonyl (C=O) groups is 1. The van der Waals surface area contributed by atoms with Gasteiger partial charge in [0.05, 0.1) is 5.41 Å². The van der Waals surface area contributed by atoms with Gasteiger partial charge in [-0.05, 0) is 36.8 Å². The molecule has 1 aromatic rings. The first-order valence-corrected chi connectivity index (χ1v) is 7.98. The first-order valence-electron chi connectivity index (χ1n) is 6.34. The number of rotatable bonds is 2. The molecule has 1 saturated carbocycles. The average molecular weight is 316 g/mol. The van der Waals surface area contributed by atoms with Crippen molar-refractivity contribution in [3.05, 3.63) is 28.5 Å². The van der Waals surface area contributed by atoms with Crippen LogP contribution in [0.2, 0.25) is 0 Å². The molecule has 1 fully saturated rings. The average Bonchev–Trinajstić information content (AvgIpc) is 2.80. The zero-order chi connectivity index (χ0) is 13.7. The van der Waals surface area contributed by atoms with Crippen LogP contribution in [0.4, 0.5) is 0 Å². The molecule has 1 aliphatic carbocycles. The fourth-order valence-corrected chi connectivity index (χ4v) is 4.01. The van der Waals surface area contributed by atoms with Crippen molar-refractivity contribution >= 4 is 46.0 Å². The maximum absolute atomic E-state index is 12.4. The maximum Gasteiger partial charge on any atom is 0.231 e. The molecular formula is C14H15Cl2NOS. The molecule has 2 aliphatic rings. The predicted octanol–water partition coefficient (Wildman–Crippen LogP) is 3.95. The second-order valence-electron chi connectivity index (χ2n) is 5.42. The molecule has 2 nitrogen and oxygen atoms in total. The number of thiophene rings is 1. The molecule has 19 heavy (non-hydrogen) atoms. The SMILES string of the molecule is C[C@@]1(C(=O)N2CC=C(c3cccs3)CC2)CC1(Cl)Cl. The Morgan fingerprint density at radius 1 is 1.47 bits per heavy atom. The molecule has 1 atom stereocenters. The number of halogens is 2. The number of amides is 1. The van der Waals surface area contributed by atoms with E-state index in [1.807, 2.05) is 11.8 Å². The van der Waals surface area contributed by atoms with Gasteiger partial charge in [-0.1, -0.05) is 12.1 Å². The third kappa shape index (κ3) is 2.22. The van der Waals surface area contributed by atoms with Crippen LogP contribution < -0.4 is 0 Å². The van der Waals surface area contributed by atoms with Gasteiger partial charge in [-0.15, -0.1) is 34.5 Å². The van der Waals surface area contributed by atoms with Gasteiger partial charge >= 0.3 is 0 Å². The lowest BCUT2D eigenvalue weighted by Gasteiger charge is -2.29. The van der Waals surface area contributed by atoms with Crippen LogP contribution in [0, 0.1) is 5.41 Å². The van der Waals surface area contributed by atoms with Gasteiger partial charge in [0.1, 0.15) is 4.33 Å². The van der Waals surface area contributed by atoms with Crippen LogP contribution in [0.3, 0.4) is 0 Å². The third-order valence-electron chi connectivity index (χ3n) is 4.06. The van der Waals surface area contributed by atoms with Crippen LogP contribution in [0.25, 0.3) is 5.57 Å². The molecule has 2 heterocycles. The van der Waals surface area contributed by atoms with Gasteiger partial charge in [0, 0.05) is 18.0 Å². The second-order valence-corrected chi connectivity index (χ2v) is 7.85. The molecule has 0 bridgehead atoms. The molecule has 0 N–H and O–H groups in total. The summed E-state index contributed by atoms with van der Waals surface area (Å²) < 4.78 is -0.873. The first kappa shape index (κ1) is 13.5.